The third-order valence-electron chi connectivity index (χ3n) is 4.40. The number of hydrogen-bond acceptors (Lipinski definition) is 3. The first-order chi connectivity index (χ1) is 10.7. The summed E-state index contributed by atoms with van der Waals surface area (Å²) in [5, 5.41) is 12.5. The van der Waals surface area contributed by atoms with Crippen molar-refractivity contribution in [1.82, 2.24) is 0 Å². The molecular formula is C19H16O3. The Morgan fingerprint density at radius 3 is 2.55 bits per heavy atom. The van der Waals surface area contributed by atoms with Crippen LogP contribution in [0.1, 0.15) is 11.1 Å². The molecule has 3 aromatic carbocycles. The monoisotopic (exact) mass is 292 g/mol. The van der Waals surface area contributed by atoms with E-state index in [0.29, 0.717) is 17.2 Å². The molecule has 0 radical (unpaired) electrons. The number of phenolic OH excluding ortho intramolecular Hbond substituents is 1. The summed E-state index contributed by atoms with van der Waals surface area (Å²) in [7, 11) is 3.24. The van der Waals surface area contributed by atoms with E-state index in [1.54, 1.807) is 20.3 Å². The lowest BCUT2D eigenvalue weighted by molar-refractivity contribution is 0.358. The lowest BCUT2D eigenvalue weighted by Gasteiger charge is -2.14. The number of hydrogen-bond donors (Lipinski definition) is 1. The summed E-state index contributed by atoms with van der Waals surface area (Å²) >= 11 is 0. The second-order valence-corrected chi connectivity index (χ2v) is 5.48. The molecule has 0 heterocycles. The van der Waals surface area contributed by atoms with E-state index in [4.69, 9.17) is 9.47 Å². The van der Waals surface area contributed by atoms with Gasteiger partial charge in [-0.1, -0.05) is 30.3 Å². The Balaban J connectivity index is 2.09. The summed E-state index contributed by atoms with van der Waals surface area (Å²) < 4.78 is 10.9. The third kappa shape index (κ3) is 1.62. The van der Waals surface area contributed by atoms with Crippen LogP contribution < -0.4 is 9.47 Å². The van der Waals surface area contributed by atoms with Crippen molar-refractivity contribution in [3.63, 3.8) is 0 Å². The predicted molar refractivity (Wildman–Crippen MR) is 87.0 cm³/mol. The van der Waals surface area contributed by atoms with Crippen molar-refractivity contribution in [2.24, 2.45) is 0 Å². The highest BCUT2D eigenvalue weighted by atomic mass is 16.5. The summed E-state index contributed by atoms with van der Waals surface area (Å²) in [6, 6.07) is 14.0. The van der Waals surface area contributed by atoms with Gasteiger partial charge >= 0.3 is 0 Å². The van der Waals surface area contributed by atoms with E-state index in [0.717, 1.165) is 33.9 Å². The fourth-order valence-electron chi connectivity index (χ4n) is 3.45. The van der Waals surface area contributed by atoms with Crippen molar-refractivity contribution in [3.8, 4) is 28.4 Å². The van der Waals surface area contributed by atoms with Gasteiger partial charge in [0.2, 0.25) is 0 Å². The third-order valence-corrected chi connectivity index (χ3v) is 4.40. The van der Waals surface area contributed by atoms with Gasteiger partial charge in [-0.25, -0.2) is 0 Å². The smallest absolute Gasteiger partial charge is 0.168 e. The fourth-order valence-corrected chi connectivity index (χ4v) is 3.45. The molecule has 4 rings (SSSR count). The molecule has 0 aliphatic heterocycles. The van der Waals surface area contributed by atoms with E-state index in [2.05, 4.69) is 12.1 Å². The zero-order chi connectivity index (χ0) is 15.3. The first-order valence-corrected chi connectivity index (χ1v) is 7.22. The Hall–Kier alpha value is -2.68. The van der Waals surface area contributed by atoms with Gasteiger partial charge in [-0.3, -0.25) is 0 Å². The van der Waals surface area contributed by atoms with Crippen LogP contribution in [-0.4, -0.2) is 19.3 Å². The van der Waals surface area contributed by atoms with Gasteiger partial charge in [-0.15, -0.1) is 0 Å². The molecule has 3 heteroatoms. The number of ether oxygens (including phenoxy) is 2. The molecule has 0 amide bonds. The van der Waals surface area contributed by atoms with Gasteiger partial charge in [0.05, 0.1) is 14.2 Å². The summed E-state index contributed by atoms with van der Waals surface area (Å²) in [5.74, 6) is 1.62. The van der Waals surface area contributed by atoms with Crippen molar-refractivity contribution in [2.45, 2.75) is 6.42 Å². The predicted octanol–water partition coefficient (Wildman–Crippen LogP) is 4.13. The van der Waals surface area contributed by atoms with Gasteiger partial charge in [0, 0.05) is 10.9 Å². The first-order valence-electron chi connectivity index (χ1n) is 7.22. The van der Waals surface area contributed by atoms with E-state index in [1.165, 1.54) is 5.56 Å². The Labute approximate surface area is 128 Å². The molecule has 1 aliphatic rings. The van der Waals surface area contributed by atoms with Crippen LogP contribution in [0.3, 0.4) is 0 Å². The second-order valence-electron chi connectivity index (χ2n) is 5.48. The molecule has 0 unspecified atom stereocenters. The number of benzene rings is 3. The maximum absolute atomic E-state index is 10.6. The van der Waals surface area contributed by atoms with E-state index in [-0.39, 0.29) is 0 Å². The van der Waals surface area contributed by atoms with Crippen molar-refractivity contribution >= 4 is 10.8 Å². The maximum Gasteiger partial charge on any atom is 0.168 e. The average Bonchev–Trinajstić information content (AvgIpc) is 2.94. The summed E-state index contributed by atoms with van der Waals surface area (Å²) in [4.78, 5) is 0. The zero-order valence-electron chi connectivity index (χ0n) is 12.5. The molecular weight excluding hydrogens is 276 g/mol. The van der Waals surface area contributed by atoms with E-state index in [1.807, 2.05) is 24.3 Å². The second kappa shape index (κ2) is 4.67. The number of fused-ring (bicyclic) bond motifs is 5. The number of rotatable bonds is 2. The van der Waals surface area contributed by atoms with Gasteiger partial charge in [-0.05, 0) is 40.6 Å². The van der Waals surface area contributed by atoms with Gasteiger partial charge in [0.1, 0.15) is 5.75 Å². The fraction of sp³-hybridized carbons (Fsp3) is 0.158. The number of aromatic hydroxyl groups is 1. The molecule has 0 atom stereocenters. The van der Waals surface area contributed by atoms with Crippen molar-refractivity contribution < 1.29 is 14.6 Å². The SMILES string of the molecule is COc1ccc2c3c(c(O)cc2c1OC)-c1ccccc1C3. The largest absolute Gasteiger partial charge is 0.507 e. The normalized spacial score (nSPS) is 12.1. The highest BCUT2D eigenvalue weighted by Gasteiger charge is 2.25. The quantitative estimate of drug-likeness (QED) is 0.603. The Kier molecular flexibility index (Phi) is 2.76. The van der Waals surface area contributed by atoms with Gasteiger partial charge in [-0.2, -0.15) is 0 Å². The van der Waals surface area contributed by atoms with Crippen molar-refractivity contribution in [3.05, 3.63) is 53.6 Å². The number of phenols is 1. The van der Waals surface area contributed by atoms with Gasteiger partial charge in [0.25, 0.3) is 0 Å². The molecule has 0 spiro atoms. The van der Waals surface area contributed by atoms with Gasteiger partial charge < -0.3 is 14.6 Å². The lowest BCUT2D eigenvalue weighted by atomic mass is 9.97. The van der Waals surface area contributed by atoms with E-state index >= 15 is 0 Å². The Bertz CT molecular complexity index is 897. The Morgan fingerprint density at radius 1 is 0.955 bits per heavy atom. The number of methoxy groups -OCH3 is 2. The molecule has 0 saturated carbocycles. The van der Waals surface area contributed by atoms with Crippen LogP contribution in [0, 0.1) is 0 Å². The summed E-state index contributed by atoms with van der Waals surface area (Å²) in [6.07, 6.45) is 0.825. The minimum atomic E-state index is 0.291. The molecule has 3 aromatic rings. The van der Waals surface area contributed by atoms with Crippen molar-refractivity contribution in [1.29, 1.82) is 0 Å². The van der Waals surface area contributed by atoms with Crippen LogP contribution in [0.5, 0.6) is 17.2 Å². The minimum Gasteiger partial charge on any atom is -0.507 e. The molecule has 0 bridgehead atoms. The highest BCUT2D eigenvalue weighted by Crippen LogP contribution is 2.48. The minimum absolute atomic E-state index is 0.291. The molecule has 0 aromatic heterocycles. The summed E-state index contributed by atoms with van der Waals surface area (Å²) in [6.45, 7) is 0. The lowest BCUT2D eigenvalue weighted by Crippen LogP contribution is -1.93. The van der Waals surface area contributed by atoms with Crippen LogP contribution in [0.25, 0.3) is 21.9 Å². The van der Waals surface area contributed by atoms with Crippen LogP contribution in [-0.2, 0) is 6.42 Å². The first kappa shape index (κ1) is 13.0. The van der Waals surface area contributed by atoms with Crippen LogP contribution in [0.2, 0.25) is 0 Å². The molecule has 22 heavy (non-hydrogen) atoms. The zero-order valence-corrected chi connectivity index (χ0v) is 12.5. The topological polar surface area (TPSA) is 38.7 Å². The summed E-state index contributed by atoms with van der Waals surface area (Å²) in [5.41, 5.74) is 4.45. The van der Waals surface area contributed by atoms with Crippen molar-refractivity contribution in [2.75, 3.05) is 14.2 Å². The van der Waals surface area contributed by atoms with Crippen LogP contribution >= 0.6 is 0 Å². The van der Waals surface area contributed by atoms with Crippen LogP contribution in [0.15, 0.2) is 42.5 Å². The standard InChI is InChI=1S/C19H16O3/c1-21-17-8-7-13-14-9-11-5-3-4-6-12(11)18(14)16(20)10-15(13)19(17)22-2/h3-8,10,20H,9H2,1-2H3. The molecule has 3 nitrogen and oxygen atoms in total. The molecule has 1 N–H and O–H groups in total. The van der Waals surface area contributed by atoms with Crippen LogP contribution in [0.4, 0.5) is 0 Å². The van der Waals surface area contributed by atoms with E-state index < -0.39 is 0 Å². The Morgan fingerprint density at radius 2 is 1.77 bits per heavy atom. The average molecular weight is 292 g/mol. The molecule has 110 valence electrons. The molecule has 1 aliphatic carbocycles. The molecule has 0 saturated heterocycles. The maximum atomic E-state index is 10.6. The van der Waals surface area contributed by atoms with E-state index in [9.17, 15) is 5.11 Å². The highest BCUT2D eigenvalue weighted by molar-refractivity contribution is 6.01. The van der Waals surface area contributed by atoms with Gasteiger partial charge in [0.15, 0.2) is 11.5 Å². The molecule has 0 fully saturated rings.